The van der Waals surface area contributed by atoms with Crippen molar-refractivity contribution in [2.75, 3.05) is 32.0 Å². The van der Waals surface area contributed by atoms with Crippen LogP contribution < -0.4 is 11.1 Å². The first-order chi connectivity index (χ1) is 9.99. The average molecular weight is 307 g/mol. The molecule has 0 amide bonds. The van der Waals surface area contributed by atoms with Crippen LogP contribution in [0.4, 0.5) is 5.82 Å². The molecule has 0 unspecified atom stereocenters. The molecule has 3 N–H and O–H groups in total. The van der Waals surface area contributed by atoms with Crippen molar-refractivity contribution in [2.24, 2.45) is 11.7 Å². The lowest BCUT2D eigenvalue weighted by Crippen LogP contribution is -2.31. The van der Waals surface area contributed by atoms with Gasteiger partial charge in [-0.2, -0.15) is 5.10 Å². The molecule has 0 atom stereocenters. The molecule has 0 aromatic carbocycles. The highest BCUT2D eigenvalue weighted by atomic mass is 32.1. The Hall–Kier alpha value is -1.27. The summed E-state index contributed by atoms with van der Waals surface area (Å²) < 4.78 is 0. The van der Waals surface area contributed by atoms with Crippen LogP contribution in [0, 0.1) is 19.8 Å². The number of likely N-dealkylation sites (tertiary alicyclic amines) is 1. The van der Waals surface area contributed by atoms with Gasteiger partial charge in [-0.3, -0.25) is 0 Å². The minimum absolute atomic E-state index is 0.382. The fraction of sp³-hybridized carbons (Fsp3) is 0.667. The van der Waals surface area contributed by atoms with Crippen LogP contribution in [0.25, 0.3) is 0 Å². The molecule has 1 fully saturated rings. The van der Waals surface area contributed by atoms with Gasteiger partial charge in [0, 0.05) is 6.54 Å². The summed E-state index contributed by atoms with van der Waals surface area (Å²) in [6.07, 6.45) is 3.71. The lowest BCUT2D eigenvalue weighted by molar-refractivity contribution is 0.215. The fourth-order valence-electron chi connectivity index (χ4n) is 2.78. The number of nitrogens with zero attached hydrogens (tertiary/aromatic N) is 3. The zero-order valence-corrected chi connectivity index (χ0v) is 14.0. The summed E-state index contributed by atoms with van der Waals surface area (Å²) in [5.41, 5.74) is 8.55. The van der Waals surface area contributed by atoms with Crippen molar-refractivity contribution in [3.63, 3.8) is 0 Å². The topological polar surface area (TPSA) is 67.1 Å². The molecular weight excluding hydrogens is 282 g/mol. The molecule has 1 saturated heterocycles. The van der Waals surface area contributed by atoms with E-state index in [4.69, 9.17) is 18.0 Å². The highest BCUT2D eigenvalue weighted by Gasteiger charge is 2.17. The third kappa shape index (κ3) is 4.11. The smallest absolute Gasteiger partial charge is 0.159 e. The summed E-state index contributed by atoms with van der Waals surface area (Å²) in [6.45, 7) is 7.20. The Kier molecular flexibility index (Phi) is 5.47. The van der Waals surface area contributed by atoms with Gasteiger partial charge in [0.1, 0.15) is 4.99 Å². The van der Waals surface area contributed by atoms with E-state index >= 15 is 0 Å². The van der Waals surface area contributed by atoms with Gasteiger partial charge in [-0.15, -0.1) is 5.10 Å². The van der Waals surface area contributed by atoms with Gasteiger partial charge in [0.15, 0.2) is 5.82 Å². The molecule has 2 rings (SSSR count). The van der Waals surface area contributed by atoms with E-state index in [0.29, 0.717) is 4.99 Å². The number of hydrogen-bond acceptors (Lipinski definition) is 5. The number of thiocarbonyl (C=S) groups is 1. The first-order valence-electron chi connectivity index (χ1n) is 7.55. The number of aromatic nitrogens is 2. The molecular formula is C15H25N5S. The zero-order valence-electron chi connectivity index (χ0n) is 13.1. The second kappa shape index (κ2) is 7.13. The quantitative estimate of drug-likeness (QED) is 0.810. The minimum atomic E-state index is 0.382. The Labute approximate surface area is 132 Å². The van der Waals surface area contributed by atoms with Crippen molar-refractivity contribution in [2.45, 2.75) is 33.1 Å². The summed E-state index contributed by atoms with van der Waals surface area (Å²) in [5, 5.41) is 11.7. The van der Waals surface area contributed by atoms with Gasteiger partial charge in [0.25, 0.3) is 0 Å². The minimum Gasteiger partial charge on any atom is -0.389 e. The molecule has 1 aromatic heterocycles. The van der Waals surface area contributed by atoms with Crippen LogP contribution in [0.3, 0.4) is 0 Å². The Morgan fingerprint density at radius 1 is 1.33 bits per heavy atom. The van der Waals surface area contributed by atoms with Crippen LogP contribution in [-0.4, -0.2) is 46.8 Å². The van der Waals surface area contributed by atoms with E-state index in [9.17, 15) is 0 Å². The number of nitrogens with one attached hydrogen (secondary N) is 1. The summed E-state index contributed by atoms with van der Waals surface area (Å²) in [7, 11) is 2.19. The molecule has 0 bridgehead atoms. The van der Waals surface area contributed by atoms with E-state index in [1.165, 1.54) is 25.9 Å². The van der Waals surface area contributed by atoms with Gasteiger partial charge in [-0.1, -0.05) is 12.2 Å². The number of hydrogen-bond donors (Lipinski definition) is 2. The average Bonchev–Trinajstić information content (AvgIpc) is 2.44. The van der Waals surface area contributed by atoms with Crippen molar-refractivity contribution in [3.05, 3.63) is 16.8 Å². The summed E-state index contributed by atoms with van der Waals surface area (Å²) in [5.74, 6) is 1.51. The molecule has 0 aliphatic carbocycles. The van der Waals surface area contributed by atoms with Crippen LogP contribution in [0.15, 0.2) is 0 Å². The lowest BCUT2D eigenvalue weighted by Gasteiger charge is -2.29. The van der Waals surface area contributed by atoms with Crippen LogP contribution >= 0.6 is 12.2 Å². The molecule has 0 spiro atoms. The molecule has 1 aromatic rings. The van der Waals surface area contributed by atoms with Crippen molar-refractivity contribution in [3.8, 4) is 0 Å². The van der Waals surface area contributed by atoms with Crippen molar-refractivity contribution in [1.82, 2.24) is 15.1 Å². The molecule has 1 aliphatic heterocycles. The number of aryl methyl sites for hydroxylation is 1. The predicted molar refractivity (Wildman–Crippen MR) is 90.7 cm³/mol. The number of anilines is 1. The van der Waals surface area contributed by atoms with Gasteiger partial charge >= 0.3 is 0 Å². The second-order valence-corrected chi connectivity index (χ2v) is 6.40. The van der Waals surface area contributed by atoms with Gasteiger partial charge < -0.3 is 16.0 Å². The summed E-state index contributed by atoms with van der Waals surface area (Å²) in [6, 6.07) is 0. The van der Waals surface area contributed by atoms with E-state index in [0.717, 1.165) is 41.5 Å². The maximum atomic E-state index is 5.83. The molecule has 6 heteroatoms. The molecule has 5 nitrogen and oxygen atoms in total. The first kappa shape index (κ1) is 16.1. The monoisotopic (exact) mass is 307 g/mol. The molecule has 0 radical (unpaired) electrons. The van der Waals surface area contributed by atoms with Crippen LogP contribution in [0.5, 0.6) is 0 Å². The van der Waals surface area contributed by atoms with E-state index < -0.39 is 0 Å². The van der Waals surface area contributed by atoms with E-state index in [1.807, 2.05) is 13.8 Å². The van der Waals surface area contributed by atoms with E-state index in [-0.39, 0.29) is 0 Å². The zero-order chi connectivity index (χ0) is 15.4. The second-order valence-electron chi connectivity index (χ2n) is 5.96. The third-order valence-electron chi connectivity index (χ3n) is 4.38. The SMILES string of the molecule is Cc1nnc(NCCC2CCN(C)CC2)c(C(N)=S)c1C. The van der Waals surface area contributed by atoms with Gasteiger partial charge in [0.2, 0.25) is 0 Å². The third-order valence-corrected chi connectivity index (χ3v) is 4.59. The first-order valence-corrected chi connectivity index (χ1v) is 7.96. The highest BCUT2D eigenvalue weighted by Crippen LogP contribution is 2.21. The maximum absolute atomic E-state index is 5.83. The number of piperidine rings is 1. The highest BCUT2D eigenvalue weighted by molar-refractivity contribution is 7.80. The Bertz CT molecular complexity index is 509. The van der Waals surface area contributed by atoms with Gasteiger partial charge in [-0.25, -0.2) is 0 Å². The molecule has 116 valence electrons. The van der Waals surface area contributed by atoms with Crippen LogP contribution in [-0.2, 0) is 0 Å². The van der Waals surface area contributed by atoms with E-state index in [2.05, 4.69) is 27.5 Å². The normalized spacial score (nSPS) is 16.9. The molecule has 21 heavy (non-hydrogen) atoms. The maximum Gasteiger partial charge on any atom is 0.159 e. The fourth-order valence-corrected chi connectivity index (χ4v) is 3.03. The molecule has 1 aliphatic rings. The van der Waals surface area contributed by atoms with Crippen molar-refractivity contribution < 1.29 is 0 Å². The summed E-state index contributed by atoms with van der Waals surface area (Å²) in [4.78, 5) is 2.77. The Balaban J connectivity index is 1.94. The molecule has 0 saturated carbocycles. The van der Waals surface area contributed by atoms with Gasteiger partial charge in [0.05, 0.1) is 11.3 Å². The van der Waals surface area contributed by atoms with E-state index in [1.54, 1.807) is 0 Å². The van der Waals surface area contributed by atoms with Gasteiger partial charge in [-0.05, 0) is 64.7 Å². The Morgan fingerprint density at radius 2 is 2.00 bits per heavy atom. The van der Waals surface area contributed by atoms with Crippen molar-refractivity contribution >= 4 is 23.0 Å². The van der Waals surface area contributed by atoms with Crippen molar-refractivity contribution in [1.29, 1.82) is 0 Å². The number of nitrogens with two attached hydrogens (primary N) is 1. The largest absolute Gasteiger partial charge is 0.389 e. The summed E-state index contributed by atoms with van der Waals surface area (Å²) >= 11 is 5.15. The lowest BCUT2D eigenvalue weighted by atomic mass is 9.94. The van der Waals surface area contributed by atoms with Crippen LogP contribution in [0.1, 0.15) is 36.1 Å². The standard InChI is InChI=1S/C15H25N5S/c1-10-11(2)18-19-15(13(10)14(16)21)17-7-4-12-5-8-20(3)9-6-12/h12H,4-9H2,1-3H3,(H2,16,21)(H,17,19). The predicted octanol–water partition coefficient (Wildman–Crippen LogP) is 1.87. The number of rotatable bonds is 5. The van der Waals surface area contributed by atoms with Crippen LogP contribution in [0.2, 0.25) is 0 Å². The molecule has 2 heterocycles. The Morgan fingerprint density at radius 3 is 2.62 bits per heavy atom.